The second-order valence-electron chi connectivity index (χ2n) is 2.94. The quantitative estimate of drug-likeness (QED) is 0.307. The van der Waals surface area contributed by atoms with Gasteiger partial charge in [-0.1, -0.05) is 5.16 Å². The summed E-state index contributed by atoms with van der Waals surface area (Å²) in [7, 11) is 7.84. The normalized spacial score (nSPS) is 12.4. The molecular weight excluding hydrogens is 116 g/mol. The standard InChI is InChI=1S/C6H15N2O/c1-8(2,3)6-5-7-9-4/h5H,6H2,1-4H3/q+1/b7-5+. The molecule has 54 valence electrons. The molecule has 0 saturated carbocycles. The van der Waals surface area contributed by atoms with Gasteiger partial charge in [0, 0.05) is 0 Å². The fourth-order valence-electron chi connectivity index (χ4n) is 0.353. The zero-order valence-electron chi connectivity index (χ0n) is 6.59. The predicted octanol–water partition coefficient (Wildman–Crippen LogP) is 0.325. The van der Waals surface area contributed by atoms with Crippen LogP contribution in [0.2, 0.25) is 0 Å². The first kappa shape index (κ1) is 8.43. The summed E-state index contributed by atoms with van der Waals surface area (Å²) in [5.74, 6) is 0. The lowest BCUT2D eigenvalue weighted by Gasteiger charge is -2.20. The Hall–Kier alpha value is -0.570. The summed E-state index contributed by atoms with van der Waals surface area (Å²) in [5.41, 5.74) is 0. The first-order valence-corrected chi connectivity index (χ1v) is 2.92. The number of quaternary nitrogens is 1. The van der Waals surface area contributed by atoms with E-state index in [0.717, 1.165) is 11.0 Å². The molecular formula is C6H15N2O+. The Labute approximate surface area is 56.5 Å². The van der Waals surface area contributed by atoms with Crippen LogP contribution in [0.25, 0.3) is 0 Å². The van der Waals surface area contributed by atoms with Crippen molar-refractivity contribution in [2.24, 2.45) is 5.16 Å². The molecule has 0 heterocycles. The number of rotatable bonds is 3. The van der Waals surface area contributed by atoms with Crippen LogP contribution >= 0.6 is 0 Å². The van der Waals surface area contributed by atoms with Crippen LogP contribution in [0.5, 0.6) is 0 Å². The molecule has 0 radical (unpaired) electrons. The van der Waals surface area contributed by atoms with Gasteiger partial charge in [0.2, 0.25) is 0 Å². The van der Waals surface area contributed by atoms with Crippen molar-refractivity contribution in [2.45, 2.75) is 0 Å². The maximum Gasteiger partial charge on any atom is 0.117 e. The second kappa shape index (κ2) is 3.45. The van der Waals surface area contributed by atoms with Crippen LogP contribution < -0.4 is 0 Å². The maximum atomic E-state index is 4.50. The summed E-state index contributed by atoms with van der Waals surface area (Å²) in [6, 6.07) is 0. The molecule has 0 aliphatic heterocycles. The molecule has 3 nitrogen and oxygen atoms in total. The highest BCUT2D eigenvalue weighted by molar-refractivity contribution is 5.57. The van der Waals surface area contributed by atoms with Crippen molar-refractivity contribution in [3.05, 3.63) is 0 Å². The van der Waals surface area contributed by atoms with E-state index in [9.17, 15) is 0 Å². The van der Waals surface area contributed by atoms with Gasteiger partial charge in [-0.2, -0.15) is 0 Å². The molecule has 0 bridgehead atoms. The average Bonchev–Trinajstić information content (AvgIpc) is 1.63. The van der Waals surface area contributed by atoms with Gasteiger partial charge in [-0.3, -0.25) is 0 Å². The number of hydrogen-bond acceptors (Lipinski definition) is 2. The number of oxime groups is 1. The first-order valence-electron chi connectivity index (χ1n) is 2.92. The molecule has 0 N–H and O–H groups in total. The topological polar surface area (TPSA) is 21.6 Å². The molecule has 0 unspecified atom stereocenters. The molecule has 0 fully saturated rings. The summed E-state index contributed by atoms with van der Waals surface area (Å²) in [6.07, 6.45) is 1.76. The third-order valence-corrected chi connectivity index (χ3v) is 0.809. The summed E-state index contributed by atoms with van der Waals surface area (Å²) in [5, 5.41) is 3.62. The van der Waals surface area contributed by atoms with E-state index >= 15 is 0 Å². The van der Waals surface area contributed by atoms with Crippen LogP contribution in [-0.2, 0) is 4.84 Å². The van der Waals surface area contributed by atoms with Gasteiger partial charge >= 0.3 is 0 Å². The molecule has 0 rings (SSSR count). The van der Waals surface area contributed by atoms with Gasteiger partial charge in [-0.25, -0.2) is 0 Å². The monoisotopic (exact) mass is 131 g/mol. The minimum absolute atomic E-state index is 0.882. The molecule has 0 saturated heterocycles. The maximum absolute atomic E-state index is 4.50. The third-order valence-electron chi connectivity index (χ3n) is 0.809. The summed E-state index contributed by atoms with van der Waals surface area (Å²) in [4.78, 5) is 4.50. The summed E-state index contributed by atoms with van der Waals surface area (Å²) in [6.45, 7) is 0.897. The molecule has 0 atom stereocenters. The van der Waals surface area contributed by atoms with Crippen LogP contribution in [0.4, 0.5) is 0 Å². The number of nitrogens with zero attached hydrogens (tertiary/aromatic N) is 2. The van der Waals surface area contributed by atoms with Crippen molar-refractivity contribution < 1.29 is 9.32 Å². The Morgan fingerprint density at radius 3 is 2.33 bits per heavy atom. The van der Waals surface area contributed by atoms with E-state index in [1.165, 1.54) is 0 Å². The van der Waals surface area contributed by atoms with Crippen LogP contribution in [0.3, 0.4) is 0 Å². The van der Waals surface area contributed by atoms with E-state index in [4.69, 9.17) is 0 Å². The minimum atomic E-state index is 0.882. The Balaban J connectivity index is 3.38. The molecule has 0 aliphatic carbocycles. The van der Waals surface area contributed by atoms with Gasteiger partial charge < -0.3 is 9.32 Å². The van der Waals surface area contributed by atoms with Crippen LogP contribution in [0.15, 0.2) is 5.16 Å². The Morgan fingerprint density at radius 2 is 2.00 bits per heavy atom. The van der Waals surface area contributed by atoms with E-state index < -0.39 is 0 Å². The second-order valence-corrected chi connectivity index (χ2v) is 2.94. The van der Waals surface area contributed by atoms with Gasteiger partial charge in [0.15, 0.2) is 0 Å². The fraction of sp³-hybridized carbons (Fsp3) is 0.833. The SMILES string of the molecule is CO/N=C/C[N+](C)(C)C. The minimum Gasteiger partial charge on any atom is -0.399 e. The zero-order chi connectivity index (χ0) is 7.33. The lowest BCUT2D eigenvalue weighted by atomic mass is 10.5. The number of hydrogen-bond donors (Lipinski definition) is 0. The van der Waals surface area contributed by atoms with E-state index in [2.05, 4.69) is 31.1 Å². The van der Waals surface area contributed by atoms with Gasteiger partial charge in [-0.05, 0) is 0 Å². The lowest BCUT2D eigenvalue weighted by molar-refractivity contribution is -0.860. The van der Waals surface area contributed by atoms with E-state index in [1.54, 1.807) is 13.3 Å². The molecule has 9 heavy (non-hydrogen) atoms. The molecule has 0 aromatic heterocycles. The van der Waals surface area contributed by atoms with Crippen molar-refractivity contribution >= 4 is 6.21 Å². The first-order chi connectivity index (χ1) is 4.06. The van der Waals surface area contributed by atoms with Gasteiger partial charge in [0.25, 0.3) is 0 Å². The molecule has 0 amide bonds. The molecule has 3 heteroatoms. The van der Waals surface area contributed by atoms with Crippen molar-refractivity contribution in [3.63, 3.8) is 0 Å². The molecule has 0 aliphatic rings. The average molecular weight is 131 g/mol. The highest BCUT2D eigenvalue weighted by Crippen LogP contribution is 1.84. The largest absolute Gasteiger partial charge is 0.399 e. The highest BCUT2D eigenvalue weighted by Gasteiger charge is 2.01. The van der Waals surface area contributed by atoms with Gasteiger partial charge in [0.05, 0.1) is 27.4 Å². The Kier molecular flexibility index (Phi) is 3.24. The van der Waals surface area contributed by atoms with E-state index in [1.807, 2.05) is 0 Å². The van der Waals surface area contributed by atoms with E-state index in [0.29, 0.717) is 0 Å². The van der Waals surface area contributed by atoms with Crippen molar-refractivity contribution in [1.29, 1.82) is 0 Å². The van der Waals surface area contributed by atoms with Gasteiger partial charge in [0.1, 0.15) is 13.7 Å². The van der Waals surface area contributed by atoms with Crippen molar-refractivity contribution in [2.75, 3.05) is 34.8 Å². The van der Waals surface area contributed by atoms with Crippen molar-refractivity contribution in [3.8, 4) is 0 Å². The molecule has 0 aromatic rings. The molecule has 0 aromatic carbocycles. The predicted molar refractivity (Wildman–Crippen MR) is 38.4 cm³/mol. The summed E-state index contributed by atoms with van der Waals surface area (Å²) < 4.78 is 0.882. The smallest absolute Gasteiger partial charge is 0.117 e. The van der Waals surface area contributed by atoms with Crippen LogP contribution in [0, 0.1) is 0 Å². The van der Waals surface area contributed by atoms with Crippen molar-refractivity contribution in [1.82, 2.24) is 0 Å². The van der Waals surface area contributed by atoms with Crippen LogP contribution in [0.1, 0.15) is 0 Å². The Bertz CT molecular complexity index is 93.7. The Morgan fingerprint density at radius 1 is 1.44 bits per heavy atom. The van der Waals surface area contributed by atoms with E-state index in [-0.39, 0.29) is 0 Å². The zero-order valence-corrected chi connectivity index (χ0v) is 6.59. The van der Waals surface area contributed by atoms with Crippen LogP contribution in [-0.4, -0.2) is 45.5 Å². The highest BCUT2D eigenvalue weighted by atomic mass is 16.6. The molecule has 0 spiro atoms. The lowest BCUT2D eigenvalue weighted by Crippen LogP contribution is -2.35. The summed E-state index contributed by atoms with van der Waals surface area (Å²) >= 11 is 0. The van der Waals surface area contributed by atoms with Gasteiger partial charge in [-0.15, -0.1) is 0 Å². The fourth-order valence-corrected chi connectivity index (χ4v) is 0.353. The third kappa shape index (κ3) is 7.43.